The minimum atomic E-state index is -4.71. The van der Waals surface area contributed by atoms with E-state index < -0.39 is 21.8 Å². The maximum absolute atomic E-state index is 12.7. The van der Waals surface area contributed by atoms with Crippen molar-refractivity contribution in [1.82, 2.24) is 24.6 Å². The van der Waals surface area contributed by atoms with E-state index in [1.165, 1.54) is 31.5 Å². The lowest BCUT2D eigenvalue weighted by Gasteiger charge is -2.08. The zero-order valence-electron chi connectivity index (χ0n) is 12.5. The molecule has 0 aliphatic rings. The second-order valence-electron chi connectivity index (χ2n) is 4.89. The van der Waals surface area contributed by atoms with Crippen LogP contribution in [0.4, 0.5) is 13.2 Å². The van der Waals surface area contributed by atoms with Crippen LogP contribution in [-0.2, 0) is 16.0 Å². The number of sulfone groups is 1. The summed E-state index contributed by atoms with van der Waals surface area (Å²) in [5.74, 6) is -1.81. The number of alkyl halides is 3. The quantitative estimate of drug-likeness (QED) is 0.628. The lowest BCUT2D eigenvalue weighted by atomic mass is 10.2. The molecule has 0 aliphatic carbocycles. The summed E-state index contributed by atoms with van der Waals surface area (Å²) >= 11 is 3.16. The van der Waals surface area contributed by atoms with Gasteiger partial charge in [-0.25, -0.2) is 17.9 Å². The number of hydrogen-bond acceptors (Lipinski definition) is 6. The van der Waals surface area contributed by atoms with Crippen LogP contribution in [0, 0.1) is 0 Å². The first-order valence-corrected chi connectivity index (χ1v) is 9.25. The Morgan fingerprint density at radius 1 is 1.28 bits per heavy atom. The van der Waals surface area contributed by atoms with Crippen LogP contribution in [0.1, 0.15) is 12.7 Å². The molecule has 0 aliphatic heterocycles. The average Bonchev–Trinajstić information content (AvgIpc) is 2.98. The topological polar surface area (TPSA) is 90.1 Å². The fourth-order valence-corrected chi connectivity index (χ4v) is 3.59. The number of hydrogen-bond donors (Lipinski definition) is 0. The number of halogens is 4. The van der Waals surface area contributed by atoms with Crippen molar-refractivity contribution in [2.24, 2.45) is 0 Å². The molecule has 0 spiro atoms. The van der Waals surface area contributed by atoms with Gasteiger partial charge in [0.15, 0.2) is 9.84 Å². The van der Waals surface area contributed by atoms with Crippen molar-refractivity contribution < 1.29 is 21.6 Å². The standard InChI is InChI=1S/C13H9BrF3N5O2S/c1-2-25(23,24)9-5-7(14)6-18-10(9)8-3-4-22-12(19-8)20-11(21-22)13(15,16)17/h3-6H,2H2,1H3. The van der Waals surface area contributed by atoms with E-state index in [1.54, 1.807) is 0 Å². The van der Waals surface area contributed by atoms with Crippen LogP contribution in [0.2, 0.25) is 0 Å². The molecule has 3 aromatic rings. The molecule has 3 rings (SSSR count). The lowest BCUT2D eigenvalue weighted by molar-refractivity contribution is -0.144. The Morgan fingerprint density at radius 2 is 2.00 bits per heavy atom. The van der Waals surface area contributed by atoms with Gasteiger partial charge in [0.2, 0.25) is 0 Å². The number of nitrogens with zero attached hydrogens (tertiary/aromatic N) is 5. The molecule has 7 nitrogen and oxygen atoms in total. The Morgan fingerprint density at radius 3 is 2.64 bits per heavy atom. The zero-order chi connectivity index (χ0) is 18.4. The Kier molecular flexibility index (Phi) is 4.27. The van der Waals surface area contributed by atoms with Crippen LogP contribution in [0.5, 0.6) is 0 Å². The monoisotopic (exact) mass is 435 g/mol. The SMILES string of the molecule is CCS(=O)(=O)c1cc(Br)cnc1-c1ccn2nc(C(F)(F)F)nc2n1. The summed E-state index contributed by atoms with van der Waals surface area (Å²) in [4.78, 5) is 11.3. The van der Waals surface area contributed by atoms with Gasteiger partial charge in [-0.2, -0.15) is 18.2 Å². The molecule has 0 fully saturated rings. The Bertz CT molecular complexity index is 1070. The van der Waals surface area contributed by atoms with E-state index in [2.05, 4.69) is 36.0 Å². The minimum absolute atomic E-state index is 0.0316. The average molecular weight is 436 g/mol. The first kappa shape index (κ1) is 17.7. The molecule has 0 amide bonds. The molecule has 0 radical (unpaired) electrons. The molecule has 12 heteroatoms. The Hall–Kier alpha value is -2.08. The van der Waals surface area contributed by atoms with Gasteiger partial charge in [0.05, 0.1) is 16.3 Å². The van der Waals surface area contributed by atoms with Crippen molar-refractivity contribution in [1.29, 1.82) is 0 Å². The summed E-state index contributed by atoms with van der Waals surface area (Å²) < 4.78 is 64.0. The van der Waals surface area contributed by atoms with Crippen LogP contribution in [-0.4, -0.2) is 38.7 Å². The lowest BCUT2D eigenvalue weighted by Crippen LogP contribution is -2.08. The first-order chi connectivity index (χ1) is 11.6. The maximum atomic E-state index is 12.7. The van der Waals surface area contributed by atoms with Gasteiger partial charge in [-0.3, -0.25) is 4.98 Å². The third kappa shape index (κ3) is 3.35. The summed E-state index contributed by atoms with van der Waals surface area (Å²) in [7, 11) is -3.63. The normalized spacial score (nSPS) is 12.7. The van der Waals surface area contributed by atoms with Gasteiger partial charge in [0.1, 0.15) is 5.69 Å². The van der Waals surface area contributed by atoms with Crippen molar-refractivity contribution in [3.63, 3.8) is 0 Å². The van der Waals surface area contributed by atoms with E-state index in [4.69, 9.17) is 0 Å². The first-order valence-electron chi connectivity index (χ1n) is 6.81. The zero-order valence-corrected chi connectivity index (χ0v) is 14.9. The second-order valence-corrected chi connectivity index (χ2v) is 8.06. The van der Waals surface area contributed by atoms with E-state index in [0.29, 0.717) is 4.47 Å². The number of pyridine rings is 1. The molecular weight excluding hydrogens is 427 g/mol. The van der Waals surface area contributed by atoms with Crippen molar-refractivity contribution in [3.05, 3.63) is 34.8 Å². The molecular formula is C13H9BrF3N5O2S. The highest BCUT2D eigenvalue weighted by Crippen LogP contribution is 2.29. The summed E-state index contributed by atoms with van der Waals surface area (Å²) in [5.41, 5.74) is 0.109. The smallest absolute Gasteiger partial charge is 0.252 e. The molecule has 3 heterocycles. The highest BCUT2D eigenvalue weighted by molar-refractivity contribution is 9.10. The highest BCUT2D eigenvalue weighted by Gasteiger charge is 2.36. The Labute approximate surface area is 148 Å². The van der Waals surface area contributed by atoms with Gasteiger partial charge < -0.3 is 0 Å². The molecule has 0 saturated heterocycles. The molecule has 0 atom stereocenters. The van der Waals surface area contributed by atoms with Gasteiger partial charge in [-0.15, -0.1) is 5.10 Å². The fraction of sp³-hybridized carbons (Fsp3) is 0.231. The number of rotatable bonds is 3. The van der Waals surface area contributed by atoms with Gasteiger partial charge in [-0.05, 0) is 28.1 Å². The van der Waals surface area contributed by atoms with Gasteiger partial charge in [0.25, 0.3) is 11.6 Å². The van der Waals surface area contributed by atoms with Gasteiger partial charge in [-0.1, -0.05) is 6.92 Å². The van der Waals surface area contributed by atoms with E-state index in [9.17, 15) is 21.6 Å². The third-order valence-electron chi connectivity index (χ3n) is 3.24. The van der Waals surface area contributed by atoms with Crippen molar-refractivity contribution in [2.75, 3.05) is 5.75 Å². The molecule has 0 aromatic carbocycles. The van der Waals surface area contributed by atoms with Gasteiger partial charge >= 0.3 is 6.18 Å². The summed E-state index contributed by atoms with van der Waals surface area (Å²) in [5, 5.41) is 3.29. The highest BCUT2D eigenvalue weighted by atomic mass is 79.9. The van der Waals surface area contributed by atoms with E-state index in [0.717, 1.165) is 4.52 Å². The predicted molar refractivity (Wildman–Crippen MR) is 84.4 cm³/mol. The van der Waals surface area contributed by atoms with Crippen LogP contribution >= 0.6 is 15.9 Å². The number of fused-ring (bicyclic) bond motifs is 1. The van der Waals surface area contributed by atoms with Crippen molar-refractivity contribution >= 4 is 31.5 Å². The van der Waals surface area contributed by atoms with E-state index in [-0.39, 0.29) is 27.8 Å². The molecule has 0 unspecified atom stereocenters. The van der Waals surface area contributed by atoms with Crippen LogP contribution in [0.15, 0.2) is 33.9 Å². The van der Waals surface area contributed by atoms with Crippen molar-refractivity contribution in [2.45, 2.75) is 18.0 Å². The predicted octanol–water partition coefficient (Wildman–Crippen LogP) is 2.76. The molecule has 3 aromatic heterocycles. The number of aromatic nitrogens is 5. The molecule has 0 bridgehead atoms. The third-order valence-corrected chi connectivity index (χ3v) is 5.41. The fourth-order valence-electron chi connectivity index (χ4n) is 2.04. The van der Waals surface area contributed by atoms with Crippen LogP contribution in [0.3, 0.4) is 0 Å². The summed E-state index contributed by atoms with van der Waals surface area (Å²) in [6.07, 6.45) is -2.12. The second kappa shape index (κ2) is 6.02. The molecule has 0 saturated carbocycles. The Balaban J connectivity index is 2.20. The molecule has 132 valence electrons. The van der Waals surface area contributed by atoms with E-state index >= 15 is 0 Å². The maximum Gasteiger partial charge on any atom is 0.453 e. The molecule has 25 heavy (non-hydrogen) atoms. The van der Waals surface area contributed by atoms with Crippen molar-refractivity contribution in [3.8, 4) is 11.4 Å². The minimum Gasteiger partial charge on any atom is -0.252 e. The largest absolute Gasteiger partial charge is 0.453 e. The summed E-state index contributed by atoms with van der Waals surface area (Å²) in [6.45, 7) is 1.48. The summed E-state index contributed by atoms with van der Waals surface area (Å²) in [6, 6.07) is 2.70. The molecule has 0 N–H and O–H groups in total. The van der Waals surface area contributed by atoms with Crippen LogP contribution < -0.4 is 0 Å². The van der Waals surface area contributed by atoms with Crippen LogP contribution in [0.25, 0.3) is 17.2 Å². The van der Waals surface area contributed by atoms with Gasteiger partial charge in [0, 0.05) is 16.9 Å². The van der Waals surface area contributed by atoms with E-state index in [1.807, 2.05) is 0 Å².